The van der Waals surface area contributed by atoms with Gasteiger partial charge in [-0.05, 0) is 32.6 Å². The van der Waals surface area contributed by atoms with Crippen molar-refractivity contribution in [1.29, 1.82) is 0 Å². The lowest BCUT2D eigenvalue weighted by Gasteiger charge is -2.09. The first-order valence-corrected chi connectivity index (χ1v) is 6.59. The Balaban J connectivity index is 0.00000180. The molecule has 1 saturated carbocycles. The van der Waals surface area contributed by atoms with Crippen molar-refractivity contribution in [1.82, 2.24) is 20.8 Å². The van der Waals surface area contributed by atoms with E-state index in [-0.39, 0.29) is 24.0 Å². The predicted octanol–water partition coefficient (Wildman–Crippen LogP) is 1.50. The van der Waals surface area contributed by atoms with E-state index in [2.05, 4.69) is 32.7 Å². The first-order valence-electron chi connectivity index (χ1n) is 6.59. The van der Waals surface area contributed by atoms with Gasteiger partial charge in [-0.25, -0.2) is 0 Å². The van der Waals surface area contributed by atoms with Crippen molar-refractivity contribution in [3.63, 3.8) is 0 Å². The summed E-state index contributed by atoms with van der Waals surface area (Å²) >= 11 is 0. The fourth-order valence-electron chi connectivity index (χ4n) is 1.59. The molecule has 19 heavy (non-hydrogen) atoms. The maximum atomic E-state index is 5.05. The summed E-state index contributed by atoms with van der Waals surface area (Å²) in [7, 11) is 0. The van der Waals surface area contributed by atoms with Crippen LogP contribution in [-0.4, -0.2) is 35.7 Å². The first kappa shape index (κ1) is 16.2. The highest BCUT2D eigenvalue weighted by molar-refractivity contribution is 14.0. The van der Waals surface area contributed by atoms with Crippen molar-refractivity contribution < 1.29 is 4.52 Å². The average Bonchev–Trinajstić information content (AvgIpc) is 3.09. The fraction of sp³-hybridized carbons (Fsp3) is 0.750. The Morgan fingerprint density at radius 1 is 1.42 bits per heavy atom. The number of guanidine groups is 1. The highest BCUT2D eigenvalue weighted by Crippen LogP contribution is 2.28. The SMILES string of the molecule is CCNC(=NCC1CC1)NCCc1nc(C)no1.I. The summed E-state index contributed by atoms with van der Waals surface area (Å²) in [6.45, 7) is 6.43. The maximum Gasteiger partial charge on any atom is 0.228 e. The molecule has 6 nitrogen and oxygen atoms in total. The van der Waals surface area contributed by atoms with E-state index in [1.807, 2.05) is 6.92 Å². The lowest BCUT2D eigenvalue weighted by molar-refractivity contribution is 0.374. The minimum atomic E-state index is 0. The minimum Gasteiger partial charge on any atom is -0.357 e. The third-order valence-electron chi connectivity index (χ3n) is 2.75. The Hall–Kier alpha value is -0.860. The van der Waals surface area contributed by atoms with Crippen LogP contribution >= 0.6 is 24.0 Å². The zero-order chi connectivity index (χ0) is 12.8. The molecular weight excluding hydrogens is 357 g/mol. The Kier molecular flexibility index (Phi) is 7.11. The van der Waals surface area contributed by atoms with Gasteiger partial charge >= 0.3 is 0 Å². The van der Waals surface area contributed by atoms with Gasteiger partial charge in [-0.2, -0.15) is 4.98 Å². The van der Waals surface area contributed by atoms with Crippen molar-refractivity contribution in [2.24, 2.45) is 10.9 Å². The van der Waals surface area contributed by atoms with Gasteiger partial charge in [-0.3, -0.25) is 4.99 Å². The van der Waals surface area contributed by atoms with E-state index in [0.717, 1.165) is 31.5 Å². The van der Waals surface area contributed by atoms with Crippen molar-refractivity contribution in [2.75, 3.05) is 19.6 Å². The number of hydrogen-bond donors (Lipinski definition) is 2. The number of aromatic nitrogens is 2. The van der Waals surface area contributed by atoms with Crippen molar-refractivity contribution in [3.05, 3.63) is 11.7 Å². The molecular formula is C12H22IN5O. The fourth-order valence-corrected chi connectivity index (χ4v) is 1.59. The summed E-state index contributed by atoms with van der Waals surface area (Å²) in [5.74, 6) is 3.03. The van der Waals surface area contributed by atoms with E-state index in [9.17, 15) is 0 Å². The number of aliphatic imine (C=N–C) groups is 1. The molecule has 0 saturated heterocycles. The standard InChI is InChI=1S/C12H21N5O.HI/c1-3-13-12(15-8-10-4-5-10)14-7-6-11-16-9(2)17-18-11;/h10H,3-8H2,1-2H3,(H2,13,14,15);1H. The van der Waals surface area contributed by atoms with E-state index >= 15 is 0 Å². The number of rotatable bonds is 6. The molecule has 2 N–H and O–H groups in total. The van der Waals surface area contributed by atoms with Crippen LogP contribution in [0.4, 0.5) is 0 Å². The molecule has 1 aromatic heterocycles. The zero-order valence-electron chi connectivity index (χ0n) is 11.5. The van der Waals surface area contributed by atoms with E-state index in [0.29, 0.717) is 18.1 Å². The second-order valence-corrected chi connectivity index (χ2v) is 4.58. The van der Waals surface area contributed by atoms with E-state index in [1.54, 1.807) is 0 Å². The van der Waals surface area contributed by atoms with Crippen LogP contribution in [0.2, 0.25) is 0 Å². The molecule has 0 atom stereocenters. The molecule has 1 heterocycles. The van der Waals surface area contributed by atoms with Gasteiger partial charge in [0.05, 0.1) is 0 Å². The van der Waals surface area contributed by atoms with Gasteiger partial charge in [0.1, 0.15) is 0 Å². The van der Waals surface area contributed by atoms with E-state index in [4.69, 9.17) is 4.52 Å². The molecule has 0 aliphatic heterocycles. The van der Waals surface area contributed by atoms with Gasteiger partial charge in [-0.1, -0.05) is 5.16 Å². The molecule has 0 aromatic carbocycles. The molecule has 0 spiro atoms. The third-order valence-corrected chi connectivity index (χ3v) is 2.75. The Morgan fingerprint density at radius 2 is 2.21 bits per heavy atom. The van der Waals surface area contributed by atoms with Crippen LogP contribution in [0.3, 0.4) is 0 Å². The monoisotopic (exact) mass is 379 g/mol. The lowest BCUT2D eigenvalue weighted by atomic mass is 10.4. The Morgan fingerprint density at radius 3 is 2.79 bits per heavy atom. The van der Waals surface area contributed by atoms with Crippen molar-refractivity contribution >= 4 is 29.9 Å². The van der Waals surface area contributed by atoms with Gasteiger partial charge in [0.2, 0.25) is 5.89 Å². The zero-order valence-corrected chi connectivity index (χ0v) is 13.8. The molecule has 0 radical (unpaired) electrons. The molecule has 7 heteroatoms. The second-order valence-electron chi connectivity index (χ2n) is 4.58. The average molecular weight is 379 g/mol. The molecule has 0 amide bonds. The quantitative estimate of drug-likeness (QED) is 0.445. The van der Waals surface area contributed by atoms with Crippen molar-refractivity contribution in [2.45, 2.75) is 33.1 Å². The van der Waals surface area contributed by atoms with Gasteiger partial charge in [0.15, 0.2) is 11.8 Å². The van der Waals surface area contributed by atoms with Crippen LogP contribution in [-0.2, 0) is 6.42 Å². The largest absolute Gasteiger partial charge is 0.357 e. The van der Waals surface area contributed by atoms with Crippen molar-refractivity contribution in [3.8, 4) is 0 Å². The van der Waals surface area contributed by atoms with E-state index in [1.165, 1.54) is 12.8 Å². The molecule has 1 fully saturated rings. The van der Waals surface area contributed by atoms with Crippen LogP contribution in [0.5, 0.6) is 0 Å². The molecule has 1 aliphatic carbocycles. The molecule has 0 bridgehead atoms. The molecule has 2 rings (SSSR count). The summed E-state index contributed by atoms with van der Waals surface area (Å²) in [6.07, 6.45) is 3.36. The van der Waals surface area contributed by atoms with Crippen LogP contribution in [0.1, 0.15) is 31.5 Å². The van der Waals surface area contributed by atoms with E-state index < -0.39 is 0 Å². The smallest absolute Gasteiger partial charge is 0.228 e. The highest BCUT2D eigenvalue weighted by atomic mass is 127. The predicted molar refractivity (Wildman–Crippen MR) is 84.9 cm³/mol. The second kappa shape index (κ2) is 8.34. The van der Waals surface area contributed by atoms with Crippen LogP contribution in [0.15, 0.2) is 9.52 Å². The summed E-state index contributed by atoms with van der Waals surface area (Å²) in [6, 6.07) is 0. The Bertz CT molecular complexity index is 403. The van der Waals surface area contributed by atoms with Gasteiger partial charge in [0, 0.05) is 26.1 Å². The number of hydrogen-bond acceptors (Lipinski definition) is 4. The van der Waals surface area contributed by atoms with Gasteiger partial charge < -0.3 is 15.2 Å². The summed E-state index contributed by atoms with van der Waals surface area (Å²) in [4.78, 5) is 8.70. The van der Waals surface area contributed by atoms with Crippen LogP contribution in [0.25, 0.3) is 0 Å². The molecule has 1 aromatic rings. The Labute approximate surface area is 130 Å². The molecule has 108 valence electrons. The normalized spacial score (nSPS) is 14.9. The maximum absolute atomic E-state index is 5.05. The summed E-state index contributed by atoms with van der Waals surface area (Å²) < 4.78 is 5.05. The number of nitrogens with zero attached hydrogens (tertiary/aromatic N) is 3. The first-order chi connectivity index (χ1) is 8.78. The van der Waals surface area contributed by atoms with Crippen LogP contribution < -0.4 is 10.6 Å². The minimum absolute atomic E-state index is 0. The van der Waals surface area contributed by atoms with Gasteiger partial charge in [-0.15, -0.1) is 24.0 Å². The number of nitrogens with one attached hydrogen (secondary N) is 2. The number of aryl methyl sites for hydroxylation is 1. The molecule has 0 unspecified atom stereocenters. The third kappa shape index (κ3) is 6.22. The summed E-state index contributed by atoms with van der Waals surface area (Å²) in [5, 5.41) is 10.3. The molecule has 1 aliphatic rings. The number of halogens is 1. The highest BCUT2D eigenvalue weighted by Gasteiger charge is 2.20. The van der Waals surface area contributed by atoms with Gasteiger partial charge in [0.25, 0.3) is 0 Å². The topological polar surface area (TPSA) is 75.3 Å². The van der Waals surface area contributed by atoms with Crippen LogP contribution in [0, 0.1) is 12.8 Å². The lowest BCUT2D eigenvalue weighted by Crippen LogP contribution is -2.38. The summed E-state index contributed by atoms with van der Waals surface area (Å²) in [5.41, 5.74) is 0.